The molecular weight excluding hydrogens is 242 g/mol. The van der Waals surface area contributed by atoms with Crippen LogP contribution in [0.25, 0.3) is 0 Å². The fraction of sp³-hybridized carbons (Fsp3) is 0.818. The molecule has 0 aromatic rings. The van der Waals surface area contributed by atoms with Crippen molar-refractivity contribution < 1.29 is 30.0 Å². The van der Waals surface area contributed by atoms with Crippen LogP contribution in [0.3, 0.4) is 0 Å². The second-order valence-electron chi connectivity index (χ2n) is 4.33. The van der Waals surface area contributed by atoms with Crippen LogP contribution >= 0.6 is 0 Å². The van der Waals surface area contributed by atoms with E-state index >= 15 is 0 Å². The van der Waals surface area contributed by atoms with Gasteiger partial charge in [-0.05, 0) is 6.42 Å². The smallest absolute Gasteiger partial charge is 0.217 e. The third-order valence-corrected chi connectivity index (χ3v) is 2.99. The van der Waals surface area contributed by atoms with Crippen LogP contribution in [0, 0.1) is 6.10 Å². The van der Waals surface area contributed by atoms with Gasteiger partial charge < -0.3 is 30.5 Å². The molecule has 0 bridgehead atoms. The van der Waals surface area contributed by atoms with E-state index < -0.39 is 43.0 Å². The molecule has 5 atom stereocenters. The van der Waals surface area contributed by atoms with E-state index in [4.69, 9.17) is 9.84 Å². The molecule has 1 aliphatic rings. The van der Waals surface area contributed by atoms with Gasteiger partial charge in [-0.15, -0.1) is 0 Å². The largest absolute Gasteiger partial charge is 0.394 e. The Hall–Kier alpha value is -0.730. The zero-order chi connectivity index (χ0) is 13.9. The first-order valence-electron chi connectivity index (χ1n) is 5.86. The predicted molar refractivity (Wildman–Crippen MR) is 60.8 cm³/mol. The summed E-state index contributed by atoms with van der Waals surface area (Å²) in [4.78, 5) is 11.1. The second-order valence-corrected chi connectivity index (χ2v) is 4.33. The van der Waals surface area contributed by atoms with Gasteiger partial charge in [0.15, 0.2) is 0 Å². The van der Waals surface area contributed by atoms with Crippen molar-refractivity contribution in [1.82, 2.24) is 5.32 Å². The van der Waals surface area contributed by atoms with Crippen LogP contribution in [0.15, 0.2) is 0 Å². The number of carbonyl (C=O) groups excluding carboxylic acids is 1. The maximum atomic E-state index is 11.1. The van der Waals surface area contributed by atoms with Gasteiger partial charge in [0.2, 0.25) is 5.91 Å². The molecule has 1 heterocycles. The minimum absolute atomic E-state index is 0.0573. The van der Waals surface area contributed by atoms with Gasteiger partial charge in [0.25, 0.3) is 0 Å². The zero-order valence-corrected chi connectivity index (χ0v) is 10.4. The molecule has 105 valence electrons. The molecule has 1 radical (unpaired) electrons. The van der Waals surface area contributed by atoms with Crippen LogP contribution in [0.2, 0.25) is 0 Å². The van der Waals surface area contributed by atoms with Crippen LogP contribution in [0.4, 0.5) is 0 Å². The summed E-state index contributed by atoms with van der Waals surface area (Å²) in [5.41, 5.74) is 0. The lowest BCUT2D eigenvalue weighted by molar-refractivity contribution is -0.200. The summed E-state index contributed by atoms with van der Waals surface area (Å²) in [5.74, 6) is -0.411. The van der Waals surface area contributed by atoms with Crippen molar-refractivity contribution in [2.24, 2.45) is 0 Å². The molecule has 7 heteroatoms. The Morgan fingerprint density at radius 3 is 2.39 bits per heavy atom. The first-order valence-corrected chi connectivity index (χ1v) is 5.86. The Kier molecular flexibility index (Phi) is 5.48. The number of carbonyl (C=O) groups is 1. The van der Waals surface area contributed by atoms with Gasteiger partial charge in [0.1, 0.15) is 30.5 Å². The van der Waals surface area contributed by atoms with E-state index in [1.165, 1.54) is 6.92 Å². The Labute approximate surface area is 105 Å². The van der Waals surface area contributed by atoms with Gasteiger partial charge in [-0.25, -0.2) is 0 Å². The Bertz CT molecular complexity index is 287. The third kappa shape index (κ3) is 3.18. The minimum Gasteiger partial charge on any atom is -0.394 e. The van der Waals surface area contributed by atoms with E-state index in [1.807, 2.05) is 0 Å². The number of aliphatic hydroxyl groups excluding tert-OH is 4. The van der Waals surface area contributed by atoms with Crippen molar-refractivity contribution in [3.8, 4) is 0 Å². The summed E-state index contributed by atoms with van der Waals surface area (Å²) in [6, 6.07) is -0.944. The SMILES string of the molecule is CC[C](O)[C@H]1O[C@H](CO)[C@H](O)[C@H](O)[C@H]1NC(C)=O. The number of hydrogen-bond acceptors (Lipinski definition) is 6. The van der Waals surface area contributed by atoms with E-state index in [2.05, 4.69) is 5.32 Å². The molecule has 0 aliphatic carbocycles. The summed E-state index contributed by atoms with van der Waals surface area (Å²) >= 11 is 0. The zero-order valence-electron chi connectivity index (χ0n) is 10.4. The summed E-state index contributed by atoms with van der Waals surface area (Å²) in [5, 5.41) is 40.9. The van der Waals surface area contributed by atoms with Gasteiger partial charge >= 0.3 is 0 Å². The maximum Gasteiger partial charge on any atom is 0.217 e. The second kappa shape index (κ2) is 6.44. The molecule has 1 amide bonds. The molecule has 0 aromatic heterocycles. The van der Waals surface area contributed by atoms with Crippen molar-refractivity contribution in [2.45, 2.75) is 50.7 Å². The van der Waals surface area contributed by atoms with E-state index in [-0.39, 0.29) is 12.5 Å². The number of ether oxygens (including phenoxy) is 1. The topological polar surface area (TPSA) is 119 Å². The van der Waals surface area contributed by atoms with E-state index in [9.17, 15) is 20.1 Å². The third-order valence-electron chi connectivity index (χ3n) is 2.99. The molecule has 0 unspecified atom stereocenters. The normalized spacial score (nSPS) is 36.7. The van der Waals surface area contributed by atoms with Crippen LogP contribution in [0.1, 0.15) is 20.3 Å². The molecular formula is C11H20NO6. The summed E-state index contributed by atoms with van der Waals surface area (Å²) in [7, 11) is 0. The van der Waals surface area contributed by atoms with E-state index in [0.717, 1.165) is 0 Å². The average Bonchev–Trinajstić information content (AvgIpc) is 2.34. The first-order chi connectivity index (χ1) is 8.42. The molecule has 18 heavy (non-hydrogen) atoms. The molecule has 7 nitrogen and oxygen atoms in total. The number of amides is 1. The van der Waals surface area contributed by atoms with Crippen molar-refractivity contribution >= 4 is 5.91 Å². The van der Waals surface area contributed by atoms with Crippen molar-refractivity contribution in [3.05, 3.63) is 6.10 Å². The molecule has 0 spiro atoms. The lowest BCUT2D eigenvalue weighted by Crippen LogP contribution is -2.65. The summed E-state index contributed by atoms with van der Waals surface area (Å²) in [6.07, 6.45) is -4.37. The van der Waals surface area contributed by atoms with Crippen LogP contribution in [-0.2, 0) is 9.53 Å². The molecule has 1 aliphatic heterocycles. The molecule has 0 aromatic carbocycles. The molecule has 1 fully saturated rings. The number of rotatable bonds is 4. The Balaban J connectivity index is 2.90. The van der Waals surface area contributed by atoms with Gasteiger partial charge in [-0.2, -0.15) is 0 Å². The van der Waals surface area contributed by atoms with Crippen molar-refractivity contribution in [3.63, 3.8) is 0 Å². The number of nitrogens with one attached hydrogen (secondary N) is 1. The van der Waals surface area contributed by atoms with Crippen LogP contribution in [0.5, 0.6) is 0 Å². The van der Waals surface area contributed by atoms with Crippen LogP contribution in [-0.4, -0.2) is 63.4 Å². The van der Waals surface area contributed by atoms with Crippen molar-refractivity contribution in [1.29, 1.82) is 0 Å². The monoisotopic (exact) mass is 262 g/mol. The average molecular weight is 262 g/mol. The fourth-order valence-corrected chi connectivity index (χ4v) is 2.00. The van der Waals surface area contributed by atoms with Gasteiger partial charge in [-0.3, -0.25) is 4.79 Å². The highest BCUT2D eigenvalue weighted by atomic mass is 16.5. The predicted octanol–water partition coefficient (Wildman–Crippen LogP) is -1.71. The summed E-state index contributed by atoms with van der Waals surface area (Å²) in [6.45, 7) is 2.46. The highest BCUT2D eigenvalue weighted by molar-refractivity contribution is 5.73. The van der Waals surface area contributed by atoms with Crippen LogP contribution < -0.4 is 5.32 Å². The highest BCUT2D eigenvalue weighted by Crippen LogP contribution is 2.27. The Morgan fingerprint density at radius 1 is 1.33 bits per heavy atom. The number of hydrogen-bond donors (Lipinski definition) is 5. The molecule has 1 rings (SSSR count). The lowest BCUT2D eigenvalue weighted by Gasteiger charge is -2.43. The fourth-order valence-electron chi connectivity index (χ4n) is 2.00. The number of aliphatic hydroxyl groups is 4. The van der Waals surface area contributed by atoms with Gasteiger partial charge in [0, 0.05) is 6.92 Å². The molecule has 5 N–H and O–H groups in total. The summed E-state index contributed by atoms with van der Waals surface area (Å²) < 4.78 is 5.32. The Morgan fingerprint density at radius 2 is 1.94 bits per heavy atom. The highest BCUT2D eigenvalue weighted by Gasteiger charge is 2.47. The lowest BCUT2D eigenvalue weighted by atomic mass is 9.89. The standard InChI is InChI=1S/C11H20NO6/c1-3-6(15)11-8(12-5(2)14)10(17)9(16)7(4-13)18-11/h7-11,13,15-17H,3-4H2,1-2H3,(H,12,14)/t7-,8-,9+,10-,11-/m1/s1. The molecule has 1 saturated heterocycles. The maximum absolute atomic E-state index is 11.1. The minimum atomic E-state index is -1.33. The van der Waals surface area contributed by atoms with Crippen molar-refractivity contribution in [2.75, 3.05) is 6.61 Å². The molecule has 0 saturated carbocycles. The quantitative estimate of drug-likeness (QED) is 0.411. The van der Waals surface area contributed by atoms with Gasteiger partial charge in [-0.1, -0.05) is 6.92 Å². The first kappa shape index (κ1) is 15.3. The van der Waals surface area contributed by atoms with E-state index in [0.29, 0.717) is 0 Å². The van der Waals surface area contributed by atoms with Gasteiger partial charge in [0.05, 0.1) is 12.6 Å². The van der Waals surface area contributed by atoms with E-state index in [1.54, 1.807) is 6.92 Å².